The van der Waals surface area contributed by atoms with Crippen LogP contribution in [0.4, 0.5) is 0 Å². The lowest BCUT2D eigenvalue weighted by Gasteiger charge is -2.16. The minimum Gasteiger partial charge on any atom is -0.496 e. The fourth-order valence-electron chi connectivity index (χ4n) is 3.03. The topological polar surface area (TPSA) is 71.7 Å². The predicted octanol–water partition coefficient (Wildman–Crippen LogP) is 3.47. The van der Waals surface area contributed by atoms with Gasteiger partial charge in [-0.1, -0.05) is 24.2 Å². The first-order valence-electron chi connectivity index (χ1n) is 9.04. The molecule has 0 fully saturated rings. The highest BCUT2D eigenvalue weighted by Crippen LogP contribution is 2.22. The van der Waals surface area contributed by atoms with E-state index in [-0.39, 0.29) is 5.92 Å². The molecule has 1 atom stereocenters. The third kappa shape index (κ3) is 5.00. The zero-order valence-corrected chi connectivity index (χ0v) is 16.6. The normalized spacial score (nSPS) is 12.8. The van der Waals surface area contributed by atoms with Crippen molar-refractivity contribution in [1.82, 2.24) is 15.8 Å². The van der Waals surface area contributed by atoms with Crippen molar-refractivity contribution in [2.75, 3.05) is 20.2 Å². The third-order valence-corrected chi connectivity index (χ3v) is 4.35. The van der Waals surface area contributed by atoms with Gasteiger partial charge in [0.2, 0.25) is 0 Å². The van der Waals surface area contributed by atoms with Crippen molar-refractivity contribution in [1.29, 1.82) is 0 Å². The molecular formula is C20H30N4O2. The average Bonchev–Trinajstić information content (AvgIpc) is 2.96. The van der Waals surface area contributed by atoms with Crippen LogP contribution in [0.5, 0.6) is 5.75 Å². The van der Waals surface area contributed by atoms with Gasteiger partial charge in [-0.25, -0.2) is 4.99 Å². The Hall–Kier alpha value is -2.50. The predicted molar refractivity (Wildman–Crippen MR) is 105 cm³/mol. The van der Waals surface area contributed by atoms with E-state index in [2.05, 4.69) is 48.7 Å². The molecule has 0 spiro atoms. The number of hydrogen-bond acceptors (Lipinski definition) is 4. The Balaban J connectivity index is 2.05. The van der Waals surface area contributed by atoms with Gasteiger partial charge in [-0.3, -0.25) is 0 Å². The summed E-state index contributed by atoms with van der Waals surface area (Å²) in [4.78, 5) is 4.70. The van der Waals surface area contributed by atoms with Crippen LogP contribution in [0.2, 0.25) is 0 Å². The van der Waals surface area contributed by atoms with Crippen molar-refractivity contribution in [3.8, 4) is 5.75 Å². The van der Waals surface area contributed by atoms with Gasteiger partial charge in [0.25, 0.3) is 0 Å². The van der Waals surface area contributed by atoms with Crippen LogP contribution in [0.15, 0.2) is 27.7 Å². The molecule has 2 N–H and O–H groups in total. The van der Waals surface area contributed by atoms with Gasteiger partial charge in [-0.05, 0) is 39.3 Å². The maximum Gasteiger partial charge on any atom is 0.191 e. The number of nitrogens with zero attached hydrogens (tertiary/aromatic N) is 2. The number of benzene rings is 1. The molecule has 0 aliphatic rings. The van der Waals surface area contributed by atoms with Crippen molar-refractivity contribution in [3.63, 3.8) is 0 Å². The summed E-state index contributed by atoms with van der Waals surface area (Å²) in [6.45, 7) is 12.3. The zero-order chi connectivity index (χ0) is 19.1. The number of ether oxygens (including phenoxy) is 1. The number of aromatic nitrogens is 1. The van der Waals surface area contributed by atoms with Crippen molar-refractivity contribution in [3.05, 3.63) is 46.3 Å². The SMILES string of the molecule is CCNC(=NCc1ccc(C)cc1OC)NCC(C)c1c(C)noc1C. The van der Waals surface area contributed by atoms with Gasteiger partial charge < -0.3 is 19.9 Å². The number of aryl methyl sites for hydroxylation is 3. The Morgan fingerprint density at radius 3 is 2.65 bits per heavy atom. The molecule has 2 aromatic rings. The molecule has 1 aromatic carbocycles. The van der Waals surface area contributed by atoms with Gasteiger partial charge in [0.05, 0.1) is 19.3 Å². The van der Waals surface area contributed by atoms with Gasteiger partial charge in [-0.2, -0.15) is 0 Å². The number of rotatable bonds is 7. The van der Waals surface area contributed by atoms with E-state index in [0.717, 1.165) is 47.4 Å². The van der Waals surface area contributed by atoms with Crippen LogP contribution in [0.3, 0.4) is 0 Å². The summed E-state index contributed by atoms with van der Waals surface area (Å²) in [5.74, 6) is 2.81. The largest absolute Gasteiger partial charge is 0.496 e. The second-order valence-electron chi connectivity index (χ2n) is 6.53. The first-order valence-corrected chi connectivity index (χ1v) is 9.04. The molecule has 1 aromatic heterocycles. The number of methoxy groups -OCH3 is 1. The maximum absolute atomic E-state index is 5.46. The summed E-state index contributed by atoms with van der Waals surface area (Å²) < 4.78 is 10.7. The number of hydrogen-bond donors (Lipinski definition) is 2. The van der Waals surface area contributed by atoms with Crippen molar-refractivity contribution >= 4 is 5.96 Å². The molecule has 26 heavy (non-hydrogen) atoms. The van der Waals surface area contributed by atoms with Crippen LogP contribution in [-0.4, -0.2) is 31.3 Å². The number of aliphatic imine (C=N–C) groups is 1. The molecule has 0 saturated heterocycles. The molecule has 0 bridgehead atoms. The van der Waals surface area contributed by atoms with E-state index in [1.807, 2.05) is 19.9 Å². The van der Waals surface area contributed by atoms with E-state index in [9.17, 15) is 0 Å². The molecule has 0 radical (unpaired) electrons. The summed E-state index contributed by atoms with van der Waals surface area (Å²) in [5.41, 5.74) is 4.35. The Morgan fingerprint density at radius 1 is 1.27 bits per heavy atom. The van der Waals surface area contributed by atoms with E-state index < -0.39 is 0 Å². The summed E-state index contributed by atoms with van der Waals surface area (Å²) in [6, 6.07) is 6.17. The van der Waals surface area contributed by atoms with Crippen LogP contribution in [-0.2, 0) is 6.54 Å². The highest BCUT2D eigenvalue weighted by atomic mass is 16.5. The minimum atomic E-state index is 0.277. The zero-order valence-electron chi connectivity index (χ0n) is 16.6. The van der Waals surface area contributed by atoms with Gasteiger partial charge in [0.1, 0.15) is 11.5 Å². The van der Waals surface area contributed by atoms with Crippen LogP contribution in [0.25, 0.3) is 0 Å². The Labute approximate surface area is 156 Å². The quantitative estimate of drug-likeness (QED) is 0.586. The lowest BCUT2D eigenvalue weighted by atomic mass is 10.00. The molecule has 6 heteroatoms. The fourth-order valence-corrected chi connectivity index (χ4v) is 3.03. The molecule has 1 heterocycles. The second kappa shape index (κ2) is 9.27. The Morgan fingerprint density at radius 2 is 2.04 bits per heavy atom. The summed E-state index contributed by atoms with van der Waals surface area (Å²) in [5, 5.41) is 10.7. The third-order valence-electron chi connectivity index (χ3n) is 4.35. The van der Waals surface area contributed by atoms with Gasteiger partial charge >= 0.3 is 0 Å². The van der Waals surface area contributed by atoms with Crippen LogP contribution in [0.1, 0.15) is 47.9 Å². The lowest BCUT2D eigenvalue weighted by molar-refractivity contribution is 0.391. The molecule has 1 unspecified atom stereocenters. The van der Waals surface area contributed by atoms with E-state index in [0.29, 0.717) is 6.54 Å². The smallest absolute Gasteiger partial charge is 0.191 e. The monoisotopic (exact) mass is 358 g/mol. The summed E-state index contributed by atoms with van der Waals surface area (Å²) in [6.07, 6.45) is 0. The highest BCUT2D eigenvalue weighted by Gasteiger charge is 2.16. The minimum absolute atomic E-state index is 0.277. The van der Waals surface area contributed by atoms with Gasteiger partial charge in [-0.15, -0.1) is 0 Å². The van der Waals surface area contributed by atoms with Gasteiger partial charge in [0, 0.05) is 30.1 Å². The highest BCUT2D eigenvalue weighted by molar-refractivity contribution is 5.79. The van der Waals surface area contributed by atoms with Crippen LogP contribution in [0, 0.1) is 20.8 Å². The molecule has 0 aliphatic carbocycles. The summed E-state index contributed by atoms with van der Waals surface area (Å²) in [7, 11) is 1.69. The molecule has 142 valence electrons. The maximum atomic E-state index is 5.46. The first kappa shape index (κ1) is 19.8. The average molecular weight is 358 g/mol. The second-order valence-corrected chi connectivity index (χ2v) is 6.53. The lowest BCUT2D eigenvalue weighted by Crippen LogP contribution is -2.39. The molecule has 0 amide bonds. The first-order chi connectivity index (χ1) is 12.5. The van der Waals surface area contributed by atoms with E-state index in [1.54, 1.807) is 7.11 Å². The van der Waals surface area contributed by atoms with Crippen molar-refractivity contribution in [2.45, 2.75) is 47.1 Å². The number of guanidine groups is 1. The van der Waals surface area contributed by atoms with Crippen LogP contribution < -0.4 is 15.4 Å². The van der Waals surface area contributed by atoms with Gasteiger partial charge in [0.15, 0.2) is 5.96 Å². The van der Waals surface area contributed by atoms with E-state index >= 15 is 0 Å². The van der Waals surface area contributed by atoms with E-state index in [4.69, 9.17) is 14.3 Å². The van der Waals surface area contributed by atoms with Crippen molar-refractivity contribution < 1.29 is 9.26 Å². The Kier molecular flexibility index (Phi) is 7.06. The van der Waals surface area contributed by atoms with Crippen LogP contribution >= 0.6 is 0 Å². The van der Waals surface area contributed by atoms with E-state index in [1.165, 1.54) is 5.56 Å². The molecule has 2 rings (SSSR count). The molecule has 0 aliphatic heterocycles. The van der Waals surface area contributed by atoms with Crippen molar-refractivity contribution in [2.24, 2.45) is 4.99 Å². The molecular weight excluding hydrogens is 328 g/mol. The molecule has 6 nitrogen and oxygen atoms in total. The number of nitrogens with one attached hydrogen (secondary N) is 2. The molecule has 0 saturated carbocycles. The standard InChI is InChI=1S/C20H30N4O2/c1-7-21-20(22-11-14(3)19-15(4)24-26-16(19)5)23-12-17-9-8-13(2)10-18(17)25-6/h8-10,14H,7,11-12H2,1-6H3,(H2,21,22,23). The summed E-state index contributed by atoms with van der Waals surface area (Å²) >= 11 is 0. The Bertz CT molecular complexity index is 733. The fraction of sp³-hybridized carbons (Fsp3) is 0.500.